The van der Waals surface area contributed by atoms with E-state index in [0.717, 1.165) is 11.4 Å². The van der Waals surface area contributed by atoms with E-state index in [1.54, 1.807) is 12.1 Å². The zero-order valence-electron chi connectivity index (χ0n) is 12.8. The van der Waals surface area contributed by atoms with E-state index in [4.69, 9.17) is 17.4 Å². The Kier molecular flexibility index (Phi) is 5.19. The van der Waals surface area contributed by atoms with Crippen LogP contribution in [0.15, 0.2) is 53.4 Å². The van der Waals surface area contributed by atoms with Gasteiger partial charge in [-0.2, -0.15) is 0 Å². The fraction of sp³-hybridized carbons (Fsp3) is 0.133. The average molecular weight is 350 g/mol. The van der Waals surface area contributed by atoms with Crippen LogP contribution in [0.4, 0.5) is 17.1 Å². The first-order valence-electron chi connectivity index (χ1n) is 6.74. The second-order valence-corrected chi connectivity index (χ2v) is 7.06. The molecular formula is C15H18N4O2S2. The molecule has 0 fully saturated rings. The molecule has 0 amide bonds. The van der Waals surface area contributed by atoms with Crippen molar-refractivity contribution in [3.05, 3.63) is 48.5 Å². The van der Waals surface area contributed by atoms with Crippen LogP contribution in [0, 0.1) is 0 Å². The van der Waals surface area contributed by atoms with E-state index < -0.39 is 10.0 Å². The fourth-order valence-electron chi connectivity index (χ4n) is 1.86. The fourth-order valence-corrected chi connectivity index (χ4v) is 2.62. The van der Waals surface area contributed by atoms with Crippen LogP contribution in [-0.2, 0) is 10.0 Å². The molecule has 0 aliphatic heterocycles. The molecule has 2 rings (SSSR count). The van der Waals surface area contributed by atoms with Crippen LogP contribution in [0.3, 0.4) is 0 Å². The molecule has 122 valence electrons. The molecule has 0 radical (unpaired) electrons. The van der Waals surface area contributed by atoms with Gasteiger partial charge in [0.15, 0.2) is 5.11 Å². The van der Waals surface area contributed by atoms with Crippen molar-refractivity contribution in [2.75, 3.05) is 29.6 Å². The van der Waals surface area contributed by atoms with Crippen molar-refractivity contribution in [3.63, 3.8) is 0 Å². The van der Waals surface area contributed by atoms with Gasteiger partial charge in [0.1, 0.15) is 0 Å². The molecule has 23 heavy (non-hydrogen) atoms. The summed E-state index contributed by atoms with van der Waals surface area (Å²) in [6.07, 6.45) is 0. The molecular weight excluding hydrogens is 332 g/mol. The van der Waals surface area contributed by atoms with Crippen LogP contribution in [0.5, 0.6) is 0 Å². The maximum atomic E-state index is 11.2. The predicted octanol–water partition coefficient (Wildman–Crippen LogP) is 2.21. The lowest BCUT2D eigenvalue weighted by Crippen LogP contribution is -2.19. The second kappa shape index (κ2) is 6.95. The molecule has 0 bridgehead atoms. The summed E-state index contributed by atoms with van der Waals surface area (Å²) in [5.74, 6) is 0. The van der Waals surface area contributed by atoms with Gasteiger partial charge in [-0.3, -0.25) is 0 Å². The highest BCUT2D eigenvalue weighted by Gasteiger charge is 2.07. The highest BCUT2D eigenvalue weighted by molar-refractivity contribution is 7.89. The van der Waals surface area contributed by atoms with E-state index in [1.165, 1.54) is 12.1 Å². The molecule has 0 aliphatic rings. The second-order valence-electron chi connectivity index (χ2n) is 5.09. The number of thiocarbonyl (C=S) groups is 1. The van der Waals surface area contributed by atoms with E-state index in [9.17, 15) is 8.42 Å². The zero-order chi connectivity index (χ0) is 17.0. The molecule has 2 aromatic rings. The lowest BCUT2D eigenvalue weighted by atomic mass is 10.2. The maximum absolute atomic E-state index is 11.2. The van der Waals surface area contributed by atoms with Gasteiger partial charge in [0.25, 0.3) is 0 Å². The normalized spacial score (nSPS) is 10.9. The average Bonchev–Trinajstić information content (AvgIpc) is 2.47. The van der Waals surface area contributed by atoms with E-state index in [-0.39, 0.29) is 4.90 Å². The number of sulfonamides is 1. The Hall–Kier alpha value is -2.16. The molecule has 0 saturated heterocycles. The Balaban J connectivity index is 1.99. The molecule has 2 aromatic carbocycles. The summed E-state index contributed by atoms with van der Waals surface area (Å²) in [5.41, 5.74) is 2.61. The summed E-state index contributed by atoms with van der Waals surface area (Å²) in [7, 11) is 0.256. The maximum Gasteiger partial charge on any atom is 0.238 e. The van der Waals surface area contributed by atoms with Gasteiger partial charge in [-0.25, -0.2) is 13.6 Å². The smallest absolute Gasteiger partial charge is 0.238 e. The first-order valence-corrected chi connectivity index (χ1v) is 8.69. The minimum absolute atomic E-state index is 0.0567. The van der Waals surface area contributed by atoms with Gasteiger partial charge in [0.2, 0.25) is 10.0 Å². The summed E-state index contributed by atoms with van der Waals surface area (Å²) < 4.78 is 22.4. The van der Waals surface area contributed by atoms with E-state index in [2.05, 4.69) is 10.6 Å². The number of benzene rings is 2. The lowest BCUT2D eigenvalue weighted by molar-refractivity contribution is 0.598. The number of hydrogen-bond acceptors (Lipinski definition) is 4. The number of nitrogens with two attached hydrogens (primary N) is 1. The Morgan fingerprint density at radius 2 is 1.39 bits per heavy atom. The van der Waals surface area contributed by atoms with Crippen LogP contribution in [0.25, 0.3) is 0 Å². The first kappa shape index (κ1) is 17.2. The SMILES string of the molecule is CN(C)c1ccc(NC(=S)Nc2ccc(S(N)(=O)=O)cc2)cc1. The van der Waals surface area contributed by atoms with Crippen molar-refractivity contribution >= 4 is 44.4 Å². The Bertz CT molecular complexity index is 785. The lowest BCUT2D eigenvalue weighted by Gasteiger charge is -2.14. The minimum atomic E-state index is -3.69. The van der Waals surface area contributed by atoms with Crippen LogP contribution in [0.2, 0.25) is 0 Å². The van der Waals surface area contributed by atoms with Crippen LogP contribution >= 0.6 is 12.2 Å². The van der Waals surface area contributed by atoms with Crippen molar-refractivity contribution in [1.82, 2.24) is 0 Å². The third-order valence-corrected chi connectivity index (χ3v) is 4.22. The van der Waals surface area contributed by atoms with Crippen LogP contribution in [-0.4, -0.2) is 27.6 Å². The van der Waals surface area contributed by atoms with Crippen LogP contribution in [0.1, 0.15) is 0 Å². The quantitative estimate of drug-likeness (QED) is 0.733. The summed E-state index contributed by atoms with van der Waals surface area (Å²) in [4.78, 5) is 2.06. The van der Waals surface area contributed by atoms with Crippen molar-refractivity contribution in [3.8, 4) is 0 Å². The summed E-state index contributed by atoms with van der Waals surface area (Å²) in [5, 5.41) is 11.5. The minimum Gasteiger partial charge on any atom is -0.378 e. The first-order chi connectivity index (χ1) is 10.8. The van der Waals surface area contributed by atoms with Gasteiger partial charge in [-0.1, -0.05) is 0 Å². The zero-order valence-corrected chi connectivity index (χ0v) is 14.4. The Morgan fingerprint density at radius 3 is 1.78 bits per heavy atom. The van der Waals surface area contributed by atoms with E-state index >= 15 is 0 Å². The van der Waals surface area contributed by atoms with Crippen molar-refractivity contribution < 1.29 is 8.42 Å². The van der Waals surface area contributed by atoms with Crippen molar-refractivity contribution in [2.24, 2.45) is 5.14 Å². The topological polar surface area (TPSA) is 87.5 Å². The standard InChI is InChI=1S/C15H18N4O2S2/c1-19(2)13-7-3-11(4-8-13)17-15(22)18-12-5-9-14(10-6-12)23(16,20)21/h3-10H,1-2H3,(H2,16,20,21)(H2,17,18,22). The van der Waals surface area contributed by atoms with Gasteiger partial charge < -0.3 is 15.5 Å². The third-order valence-electron chi connectivity index (χ3n) is 3.08. The van der Waals surface area contributed by atoms with Gasteiger partial charge in [-0.15, -0.1) is 0 Å². The van der Waals surface area contributed by atoms with Gasteiger partial charge >= 0.3 is 0 Å². The summed E-state index contributed by atoms with van der Waals surface area (Å²) >= 11 is 5.23. The largest absolute Gasteiger partial charge is 0.378 e. The molecule has 0 saturated carbocycles. The monoisotopic (exact) mass is 350 g/mol. The predicted molar refractivity (Wildman–Crippen MR) is 98.4 cm³/mol. The van der Waals surface area contributed by atoms with Crippen molar-refractivity contribution in [1.29, 1.82) is 0 Å². The van der Waals surface area contributed by atoms with Crippen molar-refractivity contribution in [2.45, 2.75) is 4.90 Å². The number of hydrogen-bond donors (Lipinski definition) is 3. The molecule has 0 unspecified atom stereocenters. The number of nitrogens with zero attached hydrogens (tertiary/aromatic N) is 1. The van der Waals surface area contributed by atoms with E-state index in [1.807, 2.05) is 43.3 Å². The van der Waals surface area contributed by atoms with E-state index in [0.29, 0.717) is 10.8 Å². The third kappa shape index (κ3) is 4.92. The van der Waals surface area contributed by atoms with Gasteiger partial charge in [0, 0.05) is 31.2 Å². The van der Waals surface area contributed by atoms with Gasteiger partial charge in [0.05, 0.1) is 4.90 Å². The molecule has 0 spiro atoms. The molecule has 8 heteroatoms. The molecule has 0 atom stereocenters. The van der Waals surface area contributed by atoms with Crippen LogP contribution < -0.4 is 20.7 Å². The summed E-state index contributed by atoms with van der Waals surface area (Å²) in [6.45, 7) is 0. The number of anilines is 3. The molecule has 6 nitrogen and oxygen atoms in total. The number of nitrogens with one attached hydrogen (secondary N) is 2. The van der Waals surface area contributed by atoms with Gasteiger partial charge in [-0.05, 0) is 60.7 Å². The molecule has 4 N–H and O–H groups in total. The molecule has 0 aromatic heterocycles. The molecule has 0 heterocycles. The highest BCUT2D eigenvalue weighted by Crippen LogP contribution is 2.17. The highest BCUT2D eigenvalue weighted by atomic mass is 32.2. The summed E-state index contributed by atoms with van der Waals surface area (Å²) in [6, 6.07) is 13.8. The number of rotatable bonds is 4. The Morgan fingerprint density at radius 1 is 0.957 bits per heavy atom. The molecule has 0 aliphatic carbocycles. The Labute approximate surface area is 141 Å². The number of primary sulfonamides is 1.